The quantitative estimate of drug-likeness (QED) is 0.0263. The van der Waals surface area contributed by atoms with E-state index in [4.69, 9.17) is 14.2 Å². The molecule has 0 saturated carbocycles. The molecule has 0 fully saturated rings. The summed E-state index contributed by atoms with van der Waals surface area (Å²) in [5, 5.41) is 0. The zero-order chi connectivity index (χ0) is 43.7. The van der Waals surface area contributed by atoms with Gasteiger partial charge in [-0.1, -0.05) is 184 Å². The smallest absolute Gasteiger partial charge is 0.306 e. The molecule has 0 aliphatic rings. The topological polar surface area (TPSA) is 78.9 Å². The van der Waals surface area contributed by atoms with Crippen molar-refractivity contribution in [2.45, 2.75) is 252 Å². The lowest BCUT2D eigenvalue weighted by molar-refractivity contribution is -0.167. The Morgan fingerprint density at radius 1 is 0.350 bits per heavy atom. The third kappa shape index (κ3) is 46.2. The summed E-state index contributed by atoms with van der Waals surface area (Å²) in [4.78, 5) is 37.9. The van der Waals surface area contributed by atoms with Gasteiger partial charge in [0.2, 0.25) is 0 Å². The largest absolute Gasteiger partial charge is 0.462 e. The van der Waals surface area contributed by atoms with Crippen LogP contribution in [0.1, 0.15) is 245 Å². The molecule has 0 amide bonds. The Morgan fingerprint density at radius 3 is 1.08 bits per heavy atom. The van der Waals surface area contributed by atoms with E-state index in [-0.39, 0.29) is 31.1 Å². The Labute approximate surface area is 370 Å². The maximum absolute atomic E-state index is 12.8. The van der Waals surface area contributed by atoms with Gasteiger partial charge in [0.25, 0.3) is 0 Å². The Hall–Kier alpha value is -2.89. The van der Waals surface area contributed by atoms with Gasteiger partial charge >= 0.3 is 17.9 Å². The average Bonchev–Trinajstić information content (AvgIpc) is 3.24. The van der Waals surface area contributed by atoms with Crippen molar-refractivity contribution in [2.24, 2.45) is 0 Å². The van der Waals surface area contributed by atoms with Crippen molar-refractivity contribution < 1.29 is 28.6 Å². The summed E-state index contributed by atoms with van der Waals surface area (Å²) < 4.78 is 16.7. The number of hydrogen-bond acceptors (Lipinski definition) is 6. The molecule has 0 aliphatic carbocycles. The number of unbranched alkanes of at least 4 members (excludes halogenated alkanes) is 24. The summed E-state index contributed by atoms with van der Waals surface area (Å²) in [5.41, 5.74) is 0. The molecule has 1 atom stereocenters. The lowest BCUT2D eigenvalue weighted by Crippen LogP contribution is -2.30. The predicted molar refractivity (Wildman–Crippen MR) is 256 cm³/mol. The molecule has 0 aromatic rings. The van der Waals surface area contributed by atoms with Crippen LogP contribution < -0.4 is 0 Å². The summed E-state index contributed by atoms with van der Waals surface area (Å²) in [5.74, 6) is -0.924. The van der Waals surface area contributed by atoms with Gasteiger partial charge in [-0.15, -0.1) is 0 Å². The second kappa shape index (κ2) is 48.8. The van der Waals surface area contributed by atoms with Crippen LogP contribution in [0, 0.1) is 0 Å². The van der Waals surface area contributed by atoms with Crippen LogP contribution in [0.5, 0.6) is 0 Å². The Morgan fingerprint density at radius 2 is 0.650 bits per heavy atom. The number of carbonyl (C=O) groups excluding carboxylic acids is 3. The van der Waals surface area contributed by atoms with E-state index in [0.717, 1.165) is 103 Å². The summed E-state index contributed by atoms with van der Waals surface area (Å²) in [6.45, 7) is 6.47. The molecule has 0 aromatic carbocycles. The van der Waals surface area contributed by atoms with E-state index in [0.29, 0.717) is 19.3 Å². The third-order valence-electron chi connectivity index (χ3n) is 10.7. The van der Waals surface area contributed by atoms with Crippen LogP contribution in [-0.4, -0.2) is 37.2 Å². The highest BCUT2D eigenvalue weighted by atomic mass is 16.6. The molecule has 6 nitrogen and oxygen atoms in total. The van der Waals surface area contributed by atoms with Crippen molar-refractivity contribution in [1.82, 2.24) is 0 Å². The Kier molecular flexibility index (Phi) is 46.4. The highest BCUT2D eigenvalue weighted by molar-refractivity contribution is 5.71. The van der Waals surface area contributed by atoms with Crippen molar-refractivity contribution in [3.05, 3.63) is 60.8 Å². The molecule has 0 aromatic heterocycles. The molecular formula is C54H94O6. The van der Waals surface area contributed by atoms with Gasteiger partial charge in [-0.3, -0.25) is 14.4 Å². The minimum absolute atomic E-state index is 0.0888. The van der Waals surface area contributed by atoms with Crippen LogP contribution in [0.3, 0.4) is 0 Å². The molecule has 0 bridgehead atoms. The van der Waals surface area contributed by atoms with Crippen LogP contribution in [0.4, 0.5) is 0 Å². The molecule has 6 heteroatoms. The Balaban J connectivity index is 4.42. The van der Waals surface area contributed by atoms with Gasteiger partial charge in [0.05, 0.1) is 0 Å². The molecule has 0 N–H and O–H groups in total. The first-order valence-electron chi connectivity index (χ1n) is 25.3. The molecule has 0 heterocycles. The maximum atomic E-state index is 12.8. The maximum Gasteiger partial charge on any atom is 0.306 e. The highest BCUT2D eigenvalue weighted by Crippen LogP contribution is 2.14. The van der Waals surface area contributed by atoms with E-state index in [2.05, 4.69) is 81.5 Å². The second-order valence-corrected chi connectivity index (χ2v) is 16.7. The number of hydrogen-bond donors (Lipinski definition) is 0. The lowest BCUT2D eigenvalue weighted by Gasteiger charge is -2.18. The standard InChI is InChI=1S/C54H94O6/c1-4-7-10-13-16-19-22-25-27-28-30-32-35-38-41-44-47-53(56)59-50-51(49-58-52(55)46-43-40-37-34-31-24-21-18-15-12-9-6-3)60-54(57)48-45-42-39-36-33-29-26-23-20-17-14-11-8-5-2/h7,10,16,18-19,21,25,27,29,33,51H,4-6,8-9,11-15,17,20,22-24,26,28,30-32,34-50H2,1-3H3/b10-7-,19-16-,21-18-,27-25-,33-29-. The summed E-state index contributed by atoms with van der Waals surface area (Å²) in [6, 6.07) is 0. The molecule has 0 radical (unpaired) electrons. The minimum atomic E-state index is -0.789. The molecular weight excluding hydrogens is 745 g/mol. The average molecular weight is 839 g/mol. The van der Waals surface area contributed by atoms with Gasteiger partial charge in [-0.2, -0.15) is 0 Å². The van der Waals surface area contributed by atoms with E-state index < -0.39 is 6.10 Å². The van der Waals surface area contributed by atoms with Crippen molar-refractivity contribution in [1.29, 1.82) is 0 Å². The first-order valence-corrected chi connectivity index (χ1v) is 25.3. The van der Waals surface area contributed by atoms with Crippen molar-refractivity contribution in [3.8, 4) is 0 Å². The first-order chi connectivity index (χ1) is 29.5. The zero-order valence-corrected chi connectivity index (χ0v) is 39.5. The Bertz CT molecular complexity index is 1100. The third-order valence-corrected chi connectivity index (χ3v) is 10.7. The van der Waals surface area contributed by atoms with E-state index in [9.17, 15) is 14.4 Å². The second-order valence-electron chi connectivity index (χ2n) is 16.7. The summed E-state index contributed by atoms with van der Waals surface area (Å²) >= 11 is 0. The number of allylic oxidation sites excluding steroid dienone is 10. The number of esters is 3. The van der Waals surface area contributed by atoms with Gasteiger partial charge in [-0.25, -0.2) is 0 Å². The number of carbonyl (C=O) groups is 3. The predicted octanol–water partition coefficient (Wildman–Crippen LogP) is 16.5. The van der Waals surface area contributed by atoms with E-state index in [1.807, 2.05) is 0 Å². The molecule has 0 rings (SSSR count). The monoisotopic (exact) mass is 839 g/mol. The van der Waals surface area contributed by atoms with Crippen LogP contribution in [0.15, 0.2) is 60.8 Å². The van der Waals surface area contributed by atoms with Crippen LogP contribution >= 0.6 is 0 Å². The fourth-order valence-electron chi connectivity index (χ4n) is 6.92. The molecule has 346 valence electrons. The van der Waals surface area contributed by atoms with Gasteiger partial charge in [0, 0.05) is 19.3 Å². The van der Waals surface area contributed by atoms with E-state index in [1.54, 1.807) is 0 Å². The van der Waals surface area contributed by atoms with Crippen molar-refractivity contribution in [3.63, 3.8) is 0 Å². The minimum Gasteiger partial charge on any atom is -0.462 e. The molecule has 0 saturated heterocycles. The van der Waals surface area contributed by atoms with Crippen LogP contribution in [0.25, 0.3) is 0 Å². The van der Waals surface area contributed by atoms with Gasteiger partial charge in [0.1, 0.15) is 13.2 Å². The van der Waals surface area contributed by atoms with Crippen molar-refractivity contribution >= 4 is 17.9 Å². The fourth-order valence-corrected chi connectivity index (χ4v) is 6.92. The van der Waals surface area contributed by atoms with Crippen LogP contribution in [0.2, 0.25) is 0 Å². The van der Waals surface area contributed by atoms with Gasteiger partial charge in [-0.05, 0) is 103 Å². The molecule has 0 aliphatic heterocycles. The number of rotatable bonds is 45. The van der Waals surface area contributed by atoms with E-state index >= 15 is 0 Å². The molecule has 60 heavy (non-hydrogen) atoms. The summed E-state index contributed by atoms with van der Waals surface area (Å²) in [6.07, 6.45) is 59.1. The van der Waals surface area contributed by atoms with Crippen LogP contribution in [-0.2, 0) is 28.6 Å². The van der Waals surface area contributed by atoms with Crippen molar-refractivity contribution in [2.75, 3.05) is 13.2 Å². The molecule has 1 unspecified atom stereocenters. The van der Waals surface area contributed by atoms with Gasteiger partial charge < -0.3 is 14.2 Å². The normalized spacial score (nSPS) is 12.5. The SMILES string of the molecule is CC/C=C\C/C=C\C/C=C\CCCCCCCCC(=O)OCC(COC(=O)CCCCCCC/C=C\CCCCC)OC(=O)CCCCC/C=C\CCCCCCCCC. The lowest BCUT2D eigenvalue weighted by atomic mass is 10.1. The zero-order valence-electron chi connectivity index (χ0n) is 39.5. The summed E-state index contributed by atoms with van der Waals surface area (Å²) in [7, 11) is 0. The molecule has 0 spiro atoms. The van der Waals surface area contributed by atoms with E-state index in [1.165, 1.54) is 103 Å². The fraction of sp³-hybridized carbons (Fsp3) is 0.759. The van der Waals surface area contributed by atoms with Gasteiger partial charge in [0.15, 0.2) is 6.10 Å². The first kappa shape index (κ1) is 57.1. The number of ether oxygens (including phenoxy) is 3. The highest BCUT2D eigenvalue weighted by Gasteiger charge is 2.19.